The molecule has 0 aromatic carbocycles. The maximum Gasteiger partial charge on any atom is 0.411 e. The number of hydrogen-bond donors (Lipinski definition) is 0. The predicted molar refractivity (Wildman–Crippen MR) is 57.5 cm³/mol. The number of nitrogens with zero attached hydrogens (tertiary/aromatic N) is 1. The van der Waals surface area contributed by atoms with E-state index in [-0.39, 0.29) is 0 Å². The van der Waals surface area contributed by atoms with Gasteiger partial charge in [-0.25, -0.2) is 0 Å². The summed E-state index contributed by atoms with van der Waals surface area (Å²) in [6, 6.07) is 0. The molecule has 0 aliphatic heterocycles. The Hall–Kier alpha value is -0.300. The number of carbonyl (C=O) groups is 1. The number of rotatable bonds is 5. The third kappa shape index (κ3) is 5.69. The van der Waals surface area contributed by atoms with Gasteiger partial charge in [0, 0.05) is 17.9 Å². The number of amides is 1. The molecule has 0 radical (unpaired) electrons. The van der Waals surface area contributed by atoms with Gasteiger partial charge < -0.3 is 9.64 Å². The minimum atomic E-state index is -4.40. The zero-order valence-corrected chi connectivity index (χ0v) is 11.0. The van der Waals surface area contributed by atoms with Gasteiger partial charge in [0.05, 0.1) is 0 Å². The van der Waals surface area contributed by atoms with Crippen LogP contribution in [0.2, 0.25) is 0 Å². The topological polar surface area (TPSA) is 29.5 Å². The van der Waals surface area contributed by atoms with Crippen molar-refractivity contribution >= 4 is 21.8 Å². The Labute approximate surface area is 101 Å². The molecule has 7 heteroatoms. The summed E-state index contributed by atoms with van der Waals surface area (Å²) in [6.45, 7) is 1.63. The van der Waals surface area contributed by atoms with E-state index in [2.05, 4.69) is 20.7 Å². The van der Waals surface area contributed by atoms with Crippen LogP contribution in [-0.2, 0) is 9.53 Å². The molecule has 0 atom stereocenters. The van der Waals surface area contributed by atoms with Gasteiger partial charge in [-0.1, -0.05) is 15.9 Å². The zero-order valence-electron chi connectivity index (χ0n) is 9.40. The molecular formula is C9H15BrF3NO2. The fraction of sp³-hybridized carbons (Fsp3) is 0.889. The summed E-state index contributed by atoms with van der Waals surface area (Å²) in [5, 5.41) is 0.529. The lowest BCUT2D eigenvalue weighted by Crippen LogP contribution is -2.47. The number of ether oxygens (including phenoxy) is 1. The Balaban J connectivity index is 4.08. The van der Waals surface area contributed by atoms with E-state index in [1.165, 1.54) is 11.9 Å². The average Bonchev–Trinajstić information content (AvgIpc) is 2.14. The molecule has 3 nitrogen and oxygen atoms in total. The van der Waals surface area contributed by atoms with Crippen LogP contribution in [0.3, 0.4) is 0 Å². The van der Waals surface area contributed by atoms with Gasteiger partial charge in [-0.05, 0) is 13.8 Å². The Morgan fingerprint density at radius 3 is 2.25 bits per heavy atom. The Morgan fingerprint density at radius 1 is 1.38 bits per heavy atom. The highest BCUT2D eigenvalue weighted by Crippen LogP contribution is 2.17. The minimum absolute atomic E-state index is 0.460. The van der Waals surface area contributed by atoms with Gasteiger partial charge in [-0.15, -0.1) is 0 Å². The van der Waals surface area contributed by atoms with Gasteiger partial charge in [-0.3, -0.25) is 4.79 Å². The largest absolute Gasteiger partial charge is 0.411 e. The number of hydrogen-bond acceptors (Lipinski definition) is 2. The molecule has 0 saturated heterocycles. The van der Waals surface area contributed by atoms with Crippen molar-refractivity contribution in [3.05, 3.63) is 0 Å². The van der Waals surface area contributed by atoms with Gasteiger partial charge in [0.2, 0.25) is 5.91 Å². The van der Waals surface area contributed by atoms with Gasteiger partial charge >= 0.3 is 6.18 Å². The first-order valence-electron chi connectivity index (χ1n) is 4.57. The molecule has 0 aliphatic carbocycles. The number of halogens is 4. The molecule has 0 N–H and O–H groups in total. The van der Waals surface area contributed by atoms with Gasteiger partial charge in [-0.2, -0.15) is 13.2 Å². The molecule has 0 rings (SSSR count). The summed E-state index contributed by atoms with van der Waals surface area (Å²) in [6.07, 6.45) is -4.40. The van der Waals surface area contributed by atoms with Gasteiger partial charge in [0.1, 0.15) is 13.2 Å². The summed E-state index contributed by atoms with van der Waals surface area (Å²) < 4.78 is 39.5. The Morgan fingerprint density at radius 2 is 1.88 bits per heavy atom. The molecule has 0 aromatic rings. The van der Waals surface area contributed by atoms with Crippen molar-refractivity contribution in [1.82, 2.24) is 4.90 Å². The van der Waals surface area contributed by atoms with Crippen LogP contribution in [0.1, 0.15) is 13.8 Å². The molecule has 96 valence electrons. The average molecular weight is 306 g/mol. The molecule has 0 spiro atoms. The van der Waals surface area contributed by atoms with E-state index < -0.39 is 30.8 Å². The SMILES string of the molecule is CN(C(=O)COCC(F)(F)F)C(C)(C)CBr. The standard InChI is InChI=1S/C9H15BrF3NO2/c1-8(2,5-10)14(3)7(15)4-16-6-9(11,12)13/h4-6H2,1-3H3. The lowest BCUT2D eigenvalue weighted by atomic mass is 10.1. The van der Waals surface area contributed by atoms with E-state index in [4.69, 9.17) is 0 Å². The van der Waals surface area contributed by atoms with Crippen molar-refractivity contribution in [3.63, 3.8) is 0 Å². The molecule has 0 fully saturated rings. The summed E-state index contributed by atoms with van der Waals surface area (Å²) >= 11 is 3.23. The van der Waals surface area contributed by atoms with Crippen molar-refractivity contribution in [2.24, 2.45) is 0 Å². The molecule has 0 bridgehead atoms. The van der Waals surface area contributed by atoms with Crippen LogP contribution in [0, 0.1) is 0 Å². The highest BCUT2D eigenvalue weighted by molar-refractivity contribution is 9.09. The lowest BCUT2D eigenvalue weighted by molar-refractivity contribution is -0.178. The highest BCUT2D eigenvalue weighted by Gasteiger charge is 2.30. The third-order valence-electron chi connectivity index (χ3n) is 2.10. The molecular weight excluding hydrogens is 291 g/mol. The first kappa shape index (κ1) is 15.7. The van der Waals surface area contributed by atoms with Crippen LogP contribution in [0.5, 0.6) is 0 Å². The number of alkyl halides is 4. The van der Waals surface area contributed by atoms with E-state index in [0.29, 0.717) is 5.33 Å². The number of carbonyl (C=O) groups excluding carboxylic acids is 1. The lowest BCUT2D eigenvalue weighted by Gasteiger charge is -2.34. The highest BCUT2D eigenvalue weighted by atomic mass is 79.9. The minimum Gasteiger partial charge on any atom is -0.362 e. The fourth-order valence-corrected chi connectivity index (χ4v) is 1.15. The van der Waals surface area contributed by atoms with E-state index in [0.717, 1.165) is 0 Å². The summed E-state index contributed by atoms with van der Waals surface area (Å²) in [5.41, 5.74) is -0.460. The molecule has 0 aromatic heterocycles. The Bertz CT molecular complexity index is 243. The maximum absolute atomic E-state index is 11.7. The zero-order chi connectivity index (χ0) is 13.0. The van der Waals surface area contributed by atoms with Crippen LogP contribution in [0.15, 0.2) is 0 Å². The van der Waals surface area contributed by atoms with Crippen LogP contribution in [-0.4, -0.2) is 48.1 Å². The summed E-state index contributed by atoms with van der Waals surface area (Å²) in [5.74, 6) is -0.478. The van der Waals surface area contributed by atoms with Gasteiger partial charge in [0.25, 0.3) is 0 Å². The van der Waals surface area contributed by atoms with E-state index in [1.54, 1.807) is 13.8 Å². The van der Waals surface area contributed by atoms with Crippen LogP contribution in [0.25, 0.3) is 0 Å². The summed E-state index contributed by atoms with van der Waals surface area (Å²) in [7, 11) is 1.53. The van der Waals surface area contributed by atoms with Gasteiger partial charge in [0.15, 0.2) is 0 Å². The maximum atomic E-state index is 11.7. The first-order valence-corrected chi connectivity index (χ1v) is 5.69. The molecule has 0 heterocycles. The second kappa shape index (κ2) is 5.86. The second-order valence-electron chi connectivity index (χ2n) is 4.01. The molecule has 0 saturated carbocycles. The van der Waals surface area contributed by atoms with E-state index in [1.807, 2.05) is 0 Å². The first-order chi connectivity index (χ1) is 7.10. The fourth-order valence-electron chi connectivity index (χ4n) is 0.778. The smallest absolute Gasteiger partial charge is 0.362 e. The predicted octanol–water partition coefficient (Wildman–Crippen LogP) is 2.20. The van der Waals surface area contributed by atoms with E-state index in [9.17, 15) is 18.0 Å². The quantitative estimate of drug-likeness (QED) is 0.729. The van der Waals surface area contributed by atoms with Crippen molar-refractivity contribution in [2.45, 2.75) is 25.6 Å². The van der Waals surface area contributed by atoms with Crippen LogP contribution < -0.4 is 0 Å². The van der Waals surface area contributed by atoms with E-state index >= 15 is 0 Å². The Kier molecular flexibility index (Phi) is 5.75. The molecule has 1 amide bonds. The van der Waals surface area contributed by atoms with Crippen LogP contribution in [0.4, 0.5) is 13.2 Å². The molecule has 0 aliphatic rings. The molecule has 0 unspecified atom stereocenters. The van der Waals surface area contributed by atoms with Crippen molar-refractivity contribution < 1.29 is 22.7 Å². The monoisotopic (exact) mass is 305 g/mol. The van der Waals surface area contributed by atoms with Crippen molar-refractivity contribution in [3.8, 4) is 0 Å². The van der Waals surface area contributed by atoms with Crippen molar-refractivity contribution in [2.75, 3.05) is 25.6 Å². The van der Waals surface area contributed by atoms with Crippen LogP contribution >= 0.6 is 15.9 Å². The summed E-state index contributed by atoms with van der Waals surface area (Å²) in [4.78, 5) is 12.8. The van der Waals surface area contributed by atoms with Crippen molar-refractivity contribution in [1.29, 1.82) is 0 Å². The second-order valence-corrected chi connectivity index (χ2v) is 4.57. The third-order valence-corrected chi connectivity index (χ3v) is 3.47. The normalized spacial score (nSPS) is 12.7. The molecule has 16 heavy (non-hydrogen) atoms. The number of likely N-dealkylation sites (N-methyl/N-ethyl adjacent to an activating group) is 1.